The Morgan fingerprint density at radius 2 is 1.88 bits per heavy atom. The molecule has 1 amide bonds. The van der Waals surface area contributed by atoms with Gasteiger partial charge in [-0.25, -0.2) is 4.98 Å². The van der Waals surface area contributed by atoms with E-state index in [-0.39, 0.29) is 17.9 Å². The molecule has 0 aliphatic carbocycles. The molecule has 32 heavy (non-hydrogen) atoms. The summed E-state index contributed by atoms with van der Waals surface area (Å²) in [5.41, 5.74) is 3.59. The largest absolute Gasteiger partial charge is 0.356 e. The van der Waals surface area contributed by atoms with Gasteiger partial charge in [-0.15, -0.1) is 0 Å². The summed E-state index contributed by atoms with van der Waals surface area (Å²) >= 11 is 0. The van der Waals surface area contributed by atoms with E-state index in [2.05, 4.69) is 20.3 Å². The molecule has 1 aliphatic heterocycles. The molecule has 1 aliphatic rings. The third-order valence-corrected chi connectivity index (χ3v) is 6.03. The average molecular weight is 437 g/mol. The van der Waals surface area contributed by atoms with Crippen molar-refractivity contribution in [3.63, 3.8) is 0 Å². The molecule has 0 bridgehead atoms. The van der Waals surface area contributed by atoms with Crippen LogP contribution < -0.4 is 15.8 Å². The van der Waals surface area contributed by atoms with Gasteiger partial charge in [-0.05, 0) is 57.7 Å². The lowest BCUT2D eigenvalue weighted by Gasteiger charge is -2.27. The number of nitrogens with one attached hydrogen (secondary N) is 1. The predicted molar refractivity (Wildman–Crippen MR) is 126 cm³/mol. The topological polar surface area (TPSA) is 85.0 Å². The Balaban J connectivity index is 1.39. The molecule has 2 aromatic heterocycles. The lowest BCUT2D eigenvalue weighted by atomic mass is 10.1. The monoisotopic (exact) mass is 436 g/mol. The first-order valence-corrected chi connectivity index (χ1v) is 11.6. The number of hydrogen-bond acceptors (Lipinski definition) is 5. The van der Waals surface area contributed by atoms with E-state index >= 15 is 0 Å². The van der Waals surface area contributed by atoms with E-state index in [1.807, 2.05) is 48.9 Å². The number of piperidine rings is 1. The fraction of sp³-hybridized carbons (Fsp3) is 0.500. The highest BCUT2D eigenvalue weighted by Crippen LogP contribution is 2.18. The quantitative estimate of drug-likeness (QED) is 0.549. The second-order valence-electron chi connectivity index (χ2n) is 8.53. The summed E-state index contributed by atoms with van der Waals surface area (Å²) in [5.74, 6) is 0.458. The number of para-hydroxylation sites is 2. The van der Waals surface area contributed by atoms with Gasteiger partial charge in [0.15, 0.2) is 5.82 Å². The second kappa shape index (κ2) is 9.97. The molecule has 0 atom stereocenters. The van der Waals surface area contributed by atoms with E-state index in [1.165, 1.54) is 6.42 Å². The van der Waals surface area contributed by atoms with Crippen LogP contribution in [0, 0.1) is 13.8 Å². The third-order valence-electron chi connectivity index (χ3n) is 6.03. The molecule has 0 unspecified atom stereocenters. The molecule has 170 valence electrons. The van der Waals surface area contributed by atoms with Crippen LogP contribution in [0.1, 0.15) is 43.5 Å². The summed E-state index contributed by atoms with van der Waals surface area (Å²) in [4.78, 5) is 32.5. The zero-order valence-corrected chi connectivity index (χ0v) is 19.0. The number of aryl methyl sites for hydroxylation is 4. The number of nitrogens with zero attached hydrogens (tertiary/aromatic N) is 5. The van der Waals surface area contributed by atoms with Gasteiger partial charge in [0.2, 0.25) is 5.91 Å². The molecule has 1 fully saturated rings. The molecule has 8 nitrogen and oxygen atoms in total. The van der Waals surface area contributed by atoms with Gasteiger partial charge in [0.25, 0.3) is 5.56 Å². The number of benzene rings is 1. The van der Waals surface area contributed by atoms with Crippen LogP contribution in [-0.4, -0.2) is 44.9 Å². The highest BCUT2D eigenvalue weighted by molar-refractivity contribution is 5.78. The molecule has 8 heteroatoms. The number of hydrogen-bond donors (Lipinski definition) is 1. The number of aromatic nitrogens is 4. The summed E-state index contributed by atoms with van der Waals surface area (Å²) in [6.07, 6.45) is 4.41. The zero-order valence-electron chi connectivity index (χ0n) is 19.0. The van der Waals surface area contributed by atoms with Crippen LogP contribution in [0.25, 0.3) is 11.0 Å². The highest BCUT2D eigenvalue weighted by atomic mass is 16.2. The van der Waals surface area contributed by atoms with Crippen LogP contribution in [0.3, 0.4) is 0 Å². The first-order chi connectivity index (χ1) is 15.5. The maximum atomic E-state index is 13.3. The molecule has 0 radical (unpaired) electrons. The summed E-state index contributed by atoms with van der Waals surface area (Å²) < 4.78 is 3.67. The highest BCUT2D eigenvalue weighted by Gasteiger charge is 2.19. The standard InChI is InChI=1S/C24H32N6O2/c1-18-17-19(2)30(27-18)15-8-12-25-22(31)11-16-29-21-10-5-4-9-20(21)26-23(24(29)32)28-13-6-3-7-14-28/h4-5,9-10,17H,3,6-8,11-16H2,1-2H3,(H,25,31). The third kappa shape index (κ3) is 5.00. The molecule has 1 N–H and O–H groups in total. The van der Waals surface area contributed by atoms with Crippen molar-refractivity contribution in [2.75, 3.05) is 24.5 Å². The Bertz CT molecular complexity index is 1140. The van der Waals surface area contributed by atoms with Crippen molar-refractivity contribution in [1.82, 2.24) is 24.6 Å². The molecule has 1 aromatic carbocycles. The number of carbonyl (C=O) groups excluding carboxylic acids is 1. The van der Waals surface area contributed by atoms with Gasteiger partial charge < -0.3 is 14.8 Å². The SMILES string of the molecule is Cc1cc(C)n(CCCNC(=O)CCn2c(=O)c(N3CCCCC3)nc3ccccc32)n1. The van der Waals surface area contributed by atoms with E-state index in [1.54, 1.807) is 4.57 Å². The maximum Gasteiger partial charge on any atom is 0.294 e. The van der Waals surface area contributed by atoms with E-state index in [0.29, 0.717) is 18.9 Å². The van der Waals surface area contributed by atoms with Gasteiger partial charge in [0, 0.05) is 44.8 Å². The Kier molecular flexibility index (Phi) is 6.87. The normalized spacial score (nSPS) is 14.1. The van der Waals surface area contributed by atoms with E-state index in [9.17, 15) is 9.59 Å². The Hall–Kier alpha value is -3.16. The minimum absolute atomic E-state index is 0.0503. The Labute approximate surface area is 188 Å². The van der Waals surface area contributed by atoms with Crippen molar-refractivity contribution < 1.29 is 4.79 Å². The van der Waals surface area contributed by atoms with Crippen LogP contribution in [0.15, 0.2) is 35.1 Å². The number of fused-ring (bicyclic) bond motifs is 1. The van der Waals surface area contributed by atoms with Crippen molar-refractivity contribution in [2.24, 2.45) is 0 Å². The molecule has 0 spiro atoms. The molecular formula is C24H32N6O2. The lowest BCUT2D eigenvalue weighted by Crippen LogP contribution is -2.37. The number of rotatable bonds is 8. The minimum Gasteiger partial charge on any atom is -0.356 e. The maximum absolute atomic E-state index is 13.3. The average Bonchev–Trinajstić information content (AvgIpc) is 3.13. The van der Waals surface area contributed by atoms with Crippen LogP contribution in [0.4, 0.5) is 5.82 Å². The number of amides is 1. The fourth-order valence-corrected chi connectivity index (χ4v) is 4.37. The minimum atomic E-state index is -0.108. The lowest BCUT2D eigenvalue weighted by molar-refractivity contribution is -0.121. The summed E-state index contributed by atoms with van der Waals surface area (Å²) in [6, 6.07) is 9.71. The number of carbonyl (C=O) groups is 1. The zero-order chi connectivity index (χ0) is 22.5. The summed E-state index contributed by atoms with van der Waals surface area (Å²) in [7, 11) is 0. The van der Waals surface area contributed by atoms with Gasteiger partial charge in [0.05, 0.1) is 16.7 Å². The van der Waals surface area contributed by atoms with Crippen molar-refractivity contribution in [2.45, 2.75) is 59.0 Å². The van der Waals surface area contributed by atoms with E-state index < -0.39 is 0 Å². The van der Waals surface area contributed by atoms with Gasteiger partial charge in [0.1, 0.15) is 0 Å². The fourth-order valence-electron chi connectivity index (χ4n) is 4.37. The molecule has 0 saturated carbocycles. The number of anilines is 1. The van der Waals surface area contributed by atoms with Crippen molar-refractivity contribution in [1.29, 1.82) is 0 Å². The van der Waals surface area contributed by atoms with Gasteiger partial charge in [-0.3, -0.25) is 14.3 Å². The first kappa shape index (κ1) is 22.0. The molecule has 4 rings (SSSR count). The van der Waals surface area contributed by atoms with Gasteiger partial charge >= 0.3 is 0 Å². The first-order valence-electron chi connectivity index (χ1n) is 11.6. The molecule has 3 aromatic rings. The summed E-state index contributed by atoms with van der Waals surface area (Å²) in [6.45, 7) is 7.43. The van der Waals surface area contributed by atoms with Crippen LogP contribution in [0.5, 0.6) is 0 Å². The van der Waals surface area contributed by atoms with Gasteiger partial charge in [-0.1, -0.05) is 12.1 Å². The van der Waals surface area contributed by atoms with E-state index in [0.717, 1.165) is 61.3 Å². The van der Waals surface area contributed by atoms with Gasteiger partial charge in [-0.2, -0.15) is 5.10 Å². The van der Waals surface area contributed by atoms with Crippen molar-refractivity contribution in [3.8, 4) is 0 Å². The Morgan fingerprint density at radius 1 is 1.09 bits per heavy atom. The van der Waals surface area contributed by atoms with Crippen LogP contribution in [0.2, 0.25) is 0 Å². The molecular weight excluding hydrogens is 404 g/mol. The summed E-state index contributed by atoms with van der Waals surface area (Å²) in [5, 5.41) is 7.42. The smallest absolute Gasteiger partial charge is 0.294 e. The van der Waals surface area contributed by atoms with E-state index in [4.69, 9.17) is 0 Å². The molecule has 3 heterocycles. The predicted octanol–water partition coefficient (Wildman–Crippen LogP) is 2.80. The van der Waals surface area contributed by atoms with Crippen LogP contribution >= 0.6 is 0 Å². The molecule has 1 saturated heterocycles. The Morgan fingerprint density at radius 3 is 2.62 bits per heavy atom. The van der Waals surface area contributed by atoms with Crippen LogP contribution in [-0.2, 0) is 17.9 Å². The second-order valence-corrected chi connectivity index (χ2v) is 8.53. The van der Waals surface area contributed by atoms with Crippen molar-refractivity contribution in [3.05, 3.63) is 52.1 Å². The van der Waals surface area contributed by atoms with Crippen molar-refractivity contribution >= 4 is 22.8 Å².